The lowest BCUT2D eigenvalue weighted by Crippen LogP contribution is -1.92. The molecule has 0 aromatic heterocycles. The summed E-state index contributed by atoms with van der Waals surface area (Å²) in [4.78, 5) is 9.60. The van der Waals surface area contributed by atoms with E-state index in [1.165, 1.54) is 6.92 Å². The molecule has 1 N–H and O–H groups in total. The quantitative estimate of drug-likeness (QED) is 0.590. The largest absolute Gasteiger partial charge is 0.478 e. The third kappa shape index (κ3) is 36.0. The maximum Gasteiger partial charge on any atom is 0.330 e. The molecule has 7 heteroatoms. The lowest BCUT2D eigenvalue weighted by atomic mass is 10.4. The van der Waals surface area contributed by atoms with E-state index in [0.717, 1.165) is 46.2 Å². The van der Waals surface area contributed by atoms with E-state index in [1.54, 1.807) is 7.11 Å². The zero-order valence-corrected chi connectivity index (χ0v) is 12.1. The van der Waals surface area contributed by atoms with Crippen molar-refractivity contribution in [3.05, 3.63) is 12.2 Å². The number of hydrogen-bond donors (Lipinski definition) is 1. The highest BCUT2D eigenvalue weighted by atomic mass is 16.8. The molecule has 4 rings (SSSR count). The third-order valence-corrected chi connectivity index (χ3v) is 1.54. The van der Waals surface area contributed by atoms with Crippen LogP contribution in [0.5, 0.6) is 0 Å². The number of aliphatic carboxylic acids is 1. The Balaban J connectivity index is 0.000000232. The van der Waals surface area contributed by atoms with E-state index in [1.807, 2.05) is 0 Å². The molecule has 0 aliphatic carbocycles. The van der Waals surface area contributed by atoms with Crippen LogP contribution in [-0.4, -0.2) is 70.7 Å². The van der Waals surface area contributed by atoms with Gasteiger partial charge in [0.2, 0.25) is 0 Å². The van der Waals surface area contributed by atoms with E-state index in [4.69, 9.17) is 5.11 Å². The summed E-state index contributed by atoms with van der Waals surface area (Å²) in [6, 6.07) is 0. The van der Waals surface area contributed by atoms with Gasteiger partial charge in [0.25, 0.3) is 0 Å². The minimum absolute atomic E-state index is 0.134. The van der Waals surface area contributed by atoms with E-state index in [0.29, 0.717) is 0 Å². The van der Waals surface area contributed by atoms with Crippen molar-refractivity contribution in [1.82, 2.24) is 0 Å². The van der Waals surface area contributed by atoms with Gasteiger partial charge in [0.1, 0.15) is 6.61 Å². The first-order chi connectivity index (χ1) is 9.57. The van der Waals surface area contributed by atoms with Crippen LogP contribution in [0.4, 0.5) is 0 Å². The first kappa shape index (κ1) is 19.0. The highest BCUT2D eigenvalue weighted by molar-refractivity contribution is 5.84. The highest BCUT2D eigenvalue weighted by Gasteiger charge is 2.20. The minimum atomic E-state index is -0.935. The summed E-state index contributed by atoms with van der Waals surface area (Å²) in [5.41, 5.74) is 0.176. The Morgan fingerprint density at radius 3 is 1.35 bits per heavy atom. The molecule has 0 bridgehead atoms. The Morgan fingerprint density at radius 2 is 1.35 bits per heavy atom. The Labute approximate surface area is 119 Å². The van der Waals surface area contributed by atoms with Crippen LogP contribution < -0.4 is 0 Å². The van der Waals surface area contributed by atoms with Crippen molar-refractivity contribution in [3.8, 4) is 0 Å². The van der Waals surface area contributed by atoms with Crippen molar-refractivity contribution in [2.24, 2.45) is 0 Å². The monoisotopic (exact) mass is 292 g/mol. The Bertz CT molecular complexity index is 223. The van der Waals surface area contributed by atoms with Crippen LogP contribution in [0.25, 0.3) is 0 Å². The number of rotatable bonds is 2. The molecule has 0 spiro atoms. The first-order valence-electron chi connectivity index (χ1n) is 6.34. The van der Waals surface area contributed by atoms with Gasteiger partial charge in [-0.3, -0.25) is 0 Å². The molecule has 4 heterocycles. The molecule has 0 radical (unpaired) electrons. The van der Waals surface area contributed by atoms with Crippen LogP contribution >= 0.6 is 0 Å². The van der Waals surface area contributed by atoms with Crippen LogP contribution in [0.1, 0.15) is 6.92 Å². The normalized spacial score (nSPS) is 21.6. The van der Waals surface area contributed by atoms with E-state index in [9.17, 15) is 4.79 Å². The van der Waals surface area contributed by atoms with Gasteiger partial charge in [0, 0.05) is 12.7 Å². The SMILES string of the molecule is C1CO1.C1CO1.C1CO1.C=C(C)C(=O)O.COC1CO1. The van der Waals surface area contributed by atoms with E-state index >= 15 is 0 Å². The molecule has 4 saturated heterocycles. The molecule has 0 aromatic rings. The van der Waals surface area contributed by atoms with Gasteiger partial charge in [0.05, 0.1) is 39.6 Å². The minimum Gasteiger partial charge on any atom is -0.478 e. The number of ether oxygens (including phenoxy) is 5. The summed E-state index contributed by atoms with van der Waals surface area (Å²) in [5.74, 6) is -0.935. The average molecular weight is 292 g/mol. The summed E-state index contributed by atoms with van der Waals surface area (Å²) >= 11 is 0. The van der Waals surface area contributed by atoms with Gasteiger partial charge in [0.15, 0.2) is 6.29 Å². The zero-order chi connectivity index (χ0) is 15.2. The standard InChI is InChI=1S/C4H6O2.C3H6O2.3C2H4O/c1-3(2)4(5)6;1-4-3-2-5-3;3*1-2-3-1/h1H2,2H3,(H,5,6);3H,2H2,1H3;3*1-2H2. The van der Waals surface area contributed by atoms with E-state index in [2.05, 4.69) is 30.3 Å². The molecule has 1 atom stereocenters. The molecule has 118 valence electrons. The number of carboxylic acid groups (broad SMARTS) is 1. The fraction of sp³-hybridized carbons (Fsp3) is 0.769. The maximum absolute atomic E-state index is 9.60. The Kier molecular flexibility index (Phi) is 12.4. The summed E-state index contributed by atoms with van der Waals surface area (Å²) in [6.45, 7) is 11.4. The summed E-state index contributed by atoms with van der Waals surface area (Å²) < 4.78 is 22.8. The van der Waals surface area contributed by atoms with Crippen molar-refractivity contribution < 1.29 is 33.6 Å². The van der Waals surface area contributed by atoms with Gasteiger partial charge >= 0.3 is 5.97 Å². The molecule has 0 saturated carbocycles. The molecule has 20 heavy (non-hydrogen) atoms. The number of methoxy groups -OCH3 is 1. The Morgan fingerprint density at radius 1 is 1.10 bits per heavy atom. The zero-order valence-electron chi connectivity index (χ0n) is 12.1. The molecule has 0 amide bonds. The predicted octanol–water partition coefficient (Wildman–Crippen LogP) is 0.686. The molecule has 0 aromatic carbocycles. The third-order valence-electron chi connectivity index (χ3n) is 1.54. The van der Waals surface area contributed by atoms with Crippen LogP contribution in [-0.2, 0) is 28.5 Å². The number of hydrogen-bond acceptors (Lipinski definition) is 6. The van der Waals surface area contributed by atoms with Gasteiger partial charge in [-0.1, -0.05) is 6.58 Å². The number of epoxide rings is 4. The summed E-state index contributed by atoms with van der Waals surface area (Å²) in [5, 5.41) is 7.89. The van der Waals surface area contributed by atoms with Gasteiger partial charge in [-0.25, -0.2) is 4.79 Å². The fourth-order valence-electron chi connectivity index (χ4n) is 0.175. The van der Waals surface area contributed by atoms with Gasteiger partial charge in [-0.05, 0) is 6.92 Å². The number of carbonyl (C=O) groups is 1. The smallest absolute Gasteiger partial charge is 0.330 e. The van der Waals surface area contributed by atoms with Crippen molar-refractivity contribution in [1.29, 1.82) is 0 Å². The molecule has 4 fully saturated rings. The van der Waals surface area contributed by atoms with Gasteiger partial charge in [-0.15, -0.1) is 0 Å². The van der Waals surface area contributed by atoms with Crippen molar-refractivity contribution in [2.75, 3.05) is 53.4 Å². The average Bonchev–Trinajstić information content (AvgIpc) is 3.29. The second kappa shape index (κ2) is 13.0. The maximum atomic E-state index is 9.60. The predicted molar refractivity (Wildman–Crippen MR) is 71.7 cm³/mol. The molecular formula is C13H24O7. The van der Waals surface area contributed by atoms with Gasteiger partial charge < -0.3 is 28.8 Å². The van der Waals surface area contributed by atoms with Crippen molar-refractivity contribution >= 4 is 5.97 Å². The van der Waals surface area contributed by atoms with Crippen LogP contribution in [0.3, 0.4) is 0 Å². The van der Waals surface area contributed by atoms with E-state index < -0.39 is 5.97 Å². The molecule has 1 unspecified atom stereocenters. The van der Waals surface area contributed by atoms with Crippen LogP contribution in [0.15, 0.2) is 12.2 Å². The molecule has 4 aliphatic heterocycles. The number of carboxylic acids is 1. The lowest BCUT2D eigenvalue weighted by molar-refractivity contribution is -0.132. The molecular weight excluding hydrogens is 268 g/mol. The van der Waals surface area contributed by atoms with Crippen LogP contribution in [0.2, 0.25) is 0 Å². The summed E-state index contributed by atoms with van der Waals surface area (Å²) in [6.07, 6.45) is 0.134. The van der Waals surface area contributed by atoms with Crippen molar-refractivity contribution in [2.45, 2.75) is 13.2 Å². The van der Waals surface area contributed by atoms with E-state index in [-0.39, 0.29) is 11.9 Å². The second-order valence-corrected chi connectivity index (χ2v) is 3.92. The Hall–Kier alpha value is -0.990. The molecule has 4 aliphatic rings. The van der Waals surface area contributed by atoms with Crippen LogP contribution in [0, 0.1) is 0 Å². The summed E-state index contributed by atoms with van der Waals surface area (Å²) in [7, 11) is 1.64. The fourth-order valence-corrected chi connectivity index (χ4v) is 0.175. The molecule has 7 nitrogen and oxygen atoms in total. The second-order valence-electron chi connectivity index (χ2n) is 3.92. The van der Waals surface area contributed by atoms with Crippen molar-refractivity contribution in [3.63, 3.8) is 0 Å². The highest BCUT2D eigenvalue weighted by Crippen LogP contribution is 2.06. The van der Waals surface area contributed by atoms with Gasteiger partial charge in [-0.2, -0.15) is 0 Å². The lowest BCUT2D eigenvalue weighted by Gasteiger charge is -1.79. The first-order valence-corrected chi connectivity index (χ1v) is 6.34. The topological polar surface area (TPSA) is 96.7 Å².